The van der Waals surface area contributed by atoms with Gasteiger partial charge in [0.05, 0.1) is 11.5 Å². The van der Waals surface area contributed by atoms with Crippen molar-refractivity contribution in [2.75, 3.05) is 18.4 Å². The number of benzene rings is 1. The molecule has 2 saturated carbocycles. The molecule has 8 heteroatoms. The highest BCUT2D eigenvalue weighted by atomic mass is 35.5. The number of halogens is 1. The number of anilines is 1. The summed E-state index contributed by atoms with van der Waals surface area (Å²) in [4.78, 5) is 13.2. The summed E-state index contributed by atoms with van der Waals surface area (Å²) in [5, 5.41) is 18.8. The zero-order chi connectivity index (χ0) is 17.6. The Morgan fingerprint density at radius 2 is 2.15 bits per heavy atom. The highest BCUT2D eigenvalue weighted by Gasteiger charge is 2.49. The van der Waals surface area contributed by atoms with Crippen molar-refractivity contribution < 1.29 is 4.79 Å². The fourth-order valence-electron chi connectivity index (χ4n) is 4.63. The smallest absolute Gasteiger partial charge is 0.232 e. The predicted octanol–water partition coefficient (Wildman–Crippen LogP) is 2.82. The zero-order valence-electron chi connectivity index (χ0n) is 15.2. The maximum atomic E-state index is 13.2. The number of carbonyl (C=O) groups excluding carboxylic acids is 1. The number of hydrogen-bond acceptors (Lipinski definition) is 5. The Balaban J connectivity index is 0.00000180. The van der Waals surface area contributed by atoms with Gasteiger partial charge in [0.15, 0.2) is 5.82 Å². The highest BCUT2D eigenvalue weighted by molar-refractivity contribution is 5.96. The van der Waals surface area contributed by atoms with Gasteiger partial charge in [-0.25, -0.2) is 4.68 Å². The Hall–Kier alpha value is -1.99. The molecule has 1 saturated heterocycles. The molecule has 2 heterocycles. The lowest BCUT2D eigenvalue weighted by molar-refractivity contribution is -0.128. The molecule has 2 aromatic rings. The molecule has 0 radical (unpaired) electrons. The van der Waals surface area contributed by atoms with Crippen molar-refractivity contribution in [2.45, 2.75) is 44.6 Å². The monoisotopic (exact) mass is 388 g/mol. The van der Waals surface area contributed by atoms with Crippen molar-refractivity contribution in [3.63, 3.8) is 0 Å². The third kappa shape index (κ3) is 3.23. The van der Waals surface area contributed by atoms with Gasteiger partial charge in [-0.1, -0.05) is 25.0 Å². The minimum Gasteiger partial charge on any atom is -0.326 e. The topological polar surface area (TPSA) is 84.7 Å². The van der Waals surface area contributed by atoms with Crippen LogP contribution in [0.25, 0.3) is 11.4 Å². The second-order valence-electron chi connectivity index (χ2n) is 7.94. The third-order valence-corrected chi connectivity index (χ3v) is 6.25. The Morgan fingerprint density at radius 3 is 3.00 bits per heavy atom. The second-order valence-corrected chi connectivity index (χ2v) is 7.94. The molecule has 0 bridgehead atoms. The number of aromatic nitrogens is 4. The van der Waals surface area contributed by atoms with E-state index in [0.29, 0.717) is 12.0 Å². The van der Waals surface area contributed by atoms with Crippen molar-refractivity contribution in [1.82, 2.24) is 25.5 Å². The number of carbonyl (C=O) groups is 1. The first-order valence-electron chi connectivity index (χ1n) is 9.67. The molecule has 1 aromatic heterocycles. The van der Waals surface area contributed by atoms with Crippen LogP contribution in [0.4, 0.5) is 5.69 Å². The first-order valence-corrected chi connectivity index (χ1v) is 9.67. The van der Waals surface area contributed by atoms with Crippen molar-refractivity contribution in [1.29, 1.82) is 0 Å². The van der Waals surface area contributed by atoms with Gasteiger partial charge in [0.2, 0.25) is 5.91 Å². The van der Waals surface area contributed by atoms with E-state index < -0.39 is 0 Å². The van der Waals surface area contributed by atoms with Gasteiger partial charge >= 0.3 is 0 Å². The number of nitrogens with zero attached hydrogens (tertiary/aromatic N) is 4. The largest absolute Gasteiger partial charge is 0.326 e. The minimum absolute atomic E-state index is 0. The predicted molar refractivity (Wildman–Crippen MR) is 105 cm³/mol. The van der Waals surface area contributed by atoms with E-state index in [1.165, 1.54) is 6.42 Å². The first kappa shape index (κ1) is 18.4. The van der Waals surface area contributed by atoms with E-state index in [1.54, 1.807) is 0 Å². The zero-order valence-corrected chi connectivity index (χ0v) is 16.0. The molecule has 3 fully saturated rings. The number of tetrazole rings is 1. The van der Waals surface area contributed by atoms with E-state index in [2.05, 4.69) is 26.2 Å². The van der Waals surface area contributed by atoms with Crippen LogP contribution >= 0.6 is 12.4 Å². The second kappa shape index (κ2) is 7.20. The number of rotatable bonds is 4. The maximum absolute atomic E-state index is 13.2. The summed E-state index contributed by atoms with van der Waals surface area (Å²) >= 11 is 0. The van der Waals surface area contributed by atoms with Crippen molar-refractivity contribution in [3.05, 3.63) is 24.3 Å². The molecule has 3 aliphatic rings. The molecular formula is C19H25ClN6O. The summed E-state index contributed by atoms with van der Waals surface area (Å²) in [5.74, 6) is 1.40. The molecule has 1 aliphatic heterocycles. The summed E-state index contributed by atoms with van der Waals surface area (Å²) in [6, 6.07) is 8.31. The van der Waals surface area contributed by atoms with E-state index in [4.69, 9.17) is 0 Å². The Morgan fingerprint density at radius 1 is 1.26 bits per heavy atom. The van der Waals surface area contributed by atoms with Gasteiger partial charge in [-0.3, -0.25) is 4.79 Å². The molecule has 0 unspecified atom stereocenters. The average molecular weight is 389 g/mol. The van der Waals surface area contributed by atoms with Gasteiger partial charge in [-0.05, 0) is 60.7 Å². The van der Waals surface area contributed by atoms with E-state index in [-0.39, 0.29) is 23.7 Å². The fraction of sp³-hybridized carbons (Fsp3) is 0.579. The van der Waals surface area contributed by atoms with Crippen LogP contribution in [0.5, 0.6) is 0 Å². The lowest BCUT2D eigenvalue weighted by atomic mass is 9.67. The average Bonchev–Trinajstić information content (AvgIpc) is 3.22. The molecule has 5 rings (SSSR count). The van der Waals surface area contributed by atoms with Gasteiger partial charge in [0, 0.05) is 17.8 Å². The number of fused-ring (bicyclic) bond motifs is 1. The van der Waals surface area contributed by atoms with Crippen molar-refractivity contribution in [2.24, 2.45) is 11.3 Å². The van der Waals surface area contributed by atoms with E-state index in [9.17, 15) is 4.79 Å². The van der Waals surface area contributed by atoms with Gasteiger partial charge in [-0.2, -0.15) is 0 Å². The van der Waals surface area contributed by atoms with Gasteiger partial charge in [0.1, 0.15) is 0 Å². The van der Waals surface area contributed by atoms with Crippen LogP contribution in [-0.4, -0.2) is 39.2 Å². The van der Waals surface area contributed by atoms with Gasteiger partial charge in [0.25, 0.3) is 0 Å². The first-order chi connectivity index (χ1) is 12.8. The molecule has 0 spiro atoms. The van der Waals surface area contributed by atoms with E-state index >= 15 is 0 Å². The molecule has 2 aliphatic carbocycles. The summed E-state index contributed by atoms with van der Waals surface area (Å²) < 4.78 is 1.90. The number of hydrogen-bond donors (Lipinski definition) is 2. The summed E-state index contributed by atoms with van der Waals surface area (Å²) in [6.45, 7) is 1.76. The maximum Gasteiger partial charge on any atom is 0.232 e. The molecule has 2 N–H and O–H groups in total. The van der Waals surface area contributed by atoms with Crippen LogP contribution in [0.2, 0.25) is 0 Å². The Kier molecular flexibility index (Phi) is 4.90. The van der Waals surface area contributed by atoms with E-state index in [1.807, 2.05) is 28.9 Å². The SMILES string of the molecule is Cl.O=C(Nc1cccc(-c2nnnn2C2CC2)c1)[C@@]12CCCC[C@H]1CNC2. The quantitative estimate of drug-likeness (QED) is 0.841. The van der Waals surface area contributed by atoms with Crippen LogP contribution in [0, 0.1) is 11.3 Å². The Labute approximate surface area is 164 Å². The number of nitrogens with one attached hydrogen (secondary N) is 2. The molecule has 27 heavy (non-hydrogen) atoms. The van der Waals surface area contributed by atoms with Crippen molar-refractivity contribution >= 4 is 24.0 Å². The molecular weight excluding hydrogens is 364 g/mol. The summed E-state index contributed by atoms with van der Waals surface area (Å²) in [7, 11) is 0. The lowest BCUT2D eigenvalue weighted by Gasteiger charge is -2.37. The molecule has 7 nitrogen and oxygen atoms in total. The third-order valence-electron chi connectivity index (χ3n) is 6.25. The fourth-order valence-corrected chi connectivity index (χ4v) is 4.63. The van der Waals surface area contributed by atoms with E-state index in [0.717, 1.165) is 62.3 Å². The standard InChI is InChI=1S/C19H24N6O.ClH/c26-18(19-9-2-1-5-14(19)11-20-12-19)21-15-6-3-4-13(10-15)17-22-23-24-25(17)16-7-8-16;/h3-4,6,10,14,16,20H,1-2,5,7-9,11-12H2,(H,21,26);1H/t14-,19+;/m0./s1. The molecule has 144 valence electrons. The number of amides is 1. The molecule has 1 amide bonds. The van der Waals surface area contributed by atoms with Crippen LogP contribution in [0.15, 0.2) is 24.3 Å². The molecule has 2 atom stereocenters. The minimum atomic E-state index is -0.246. The highest BCUT2D eigenvalue weighted by Crippen LogP contribution is 2.44. The Bertz CT molecular complexity index is 835. The van der Waals surface area contributed by atoms with Crippen LogP contribution in [-0.2, 0) is 4.79 Å². The lowest BCUT2D eigenvalue weighted by Crippen LogP contribution is -2.44. The summed E-state index contributed by atoms with van der Waals surface area (Å²) in [5.41, 5.74) is 1.52. The van der Waals surface area contributed by atoms with Crippen molar-refractivity contribution in [3.8, 4) is 11.4 Å². The molecule has 1 aromatic carbocycles. The van der Waals surface area contributed by atoms with Crippen LogP contribution in [0.3, 0.4) is 0 Å². The normalized spacial score (nSPS) is 26.9. The van der Waals surface area contributed by atoms with Gasteiger partial charge in [-0.15, -0.1) is 17.5 Å². The van der Waals surface area contributed by atoms with Gasteiger partial charge < -0.3 is 10.6 Å². The summed E-state index contributed by atoms with van der Waals surface area (Å²) in [6.07, 6.45) is 6.77. The van der Waals surface area contributed by atoms with Crippen LogP contribution in [0.1, 0.15) is 44.6 Å². The van der Waals surface area contributed by atoms with Crippen LogP contribution < -0.4 is 10.6 Å².